The Bertz CT molecular complexity index is 1120. The molecule has 0 saturated carbocycles. The van der Waals surface area contributed by atoms with Crippen LogP contribution in [0.25, 0.3) is 0 Å². The fourth-order valence-electron chi connectivity index (χ4n) is 2.27. The Morgan fingerprint density at radius 2 is 1.89 bits per heavy atom. The third-order valence-corrected chi connectivity index (χ3v) is 6.34. The van der Waals surface area contributed by atoms with Crippen LogP contribution in [-0.2, 0) is 10.0 Å². The van der Waals surface area contributed by atoms with Crippen LogP contribution in [-0.4, -0.2) is 20.5 Å². The number of thiophene rings is 1. The summed E-state index contributed by atoms with van der Waals surface area (Å²) in [7, 11) is -3.85. The Morgan fingerprint density at radius 3 is 2.57 bits per heavy atom. The molecule has 0 spiro atoms. The van der Waals surface area contributed by atoms with Crippen molar-refractivity contribution in [2.75, 3.05) is 4.72 Å². The molecule has 1 aromatic heterocycles. The number of sulfonamides is 1. The van der Waals surface area contributed by atoms with Crippen molar-refractivity contribution >= 4 is 50.8 Å². The summed E-state index contributed by atoms with van der Waals surface area (Å²) in [5.41, 5.74) is 4.02. The maximum absolute atomic E-state index is 12.6. The highest BCUT2D eigenvalue weighted by Crippen LogP contribution is 2.19. The maximum atomic E-state index is 12.6. The zero-order valence-electron chi connectivity index (χ0n) is 14.7. The smallest absolute Gasteiger partial charge is 0.271 e. The number of rotatable bonds is 6. The van der Waals surface area contributed by atoms with Gasteiger partial charge >= 0.3 is 0 Å². The number of anilines is 1. The first kappa shape index (κ1) is 20.1. The molecule has 1 amide bonds. The molecule has 1 heterocycles. The van der Waals surface area contributed by atoms with Gasteiger partial charge in [-0.2, -0.15) is 5.10 Å². The molecule has 0 bridgehead atoms. The summed E-state index contributed by atoms with van der Waals surface area (Å²) in [6.07, 6.45) is 1.56. The average Bonchev–Trinajstić information content (AvgIpc) is 3.08. The number of hydrogen-bond acceptors (Lipinski definition) is 5. The van der Waals surface area contributed by atoms with E-state index in [0.29, 0.717) is 10.7 Å². The lowest BCUT2D eigenvalue weighted by molar-refractivity contribution is 0.0955. The zero-order chi connectivity index (χ0) is 20.1. The van der Waals surface area contributed by atoms with E-state index in [0.717, 1.165) is 10.4 Å². The highest BCUT2D eigenvalue weighted by atomic mass is 35.5. The van der Waals surface area contributed by atoms with E-state index in [4.69, 9.17) is 11.6 Å². The van der Waals surface area contributed by atoms with Gasteiger partial charge in [-0.1, -0.05) is 17.7 Å². The summed E-state index contributed by atoms with van der Waals surface area (Å²) >= 11 is 7.31. The van der Waals surface area contributed by atoms with Crippen LogP contribution in [0, 0.1) is 6.92 Å². The van der Waals surface area contributed by atoms with Gasteiger partial charge in [0.15, 0.2) is 0 Å². The van der Waals surface area contributed by atoms with Crippen LogP contribution in [0.15, 0.2) is 70.0 Å². The van der Waals surface area contributed by atoms with Crippen LogP contribution in [0.5, 0.6) is 0 Å². The largest absolute Gasteiger partial charge is 0.280 e. The third-order valence-electron chi connectivity index (χ3n) is 3.75. The van der Waals surface area contributed by atoms with Gasteiger partial charge in [0.2, 0.25) is 0 Å². The van der Waals surface area contributed by atoms with Crippen molar-refractivity contribution in [1.82, 2.24) is 5.43 Å². The van der Waals surface area contributed by atoms with Crippen LogP contribution >= 0.6 is 22.9 Å². The number of hydrazone groups is 1. The molecular weight excluding hydrogens is 418 g/mol. The van der Waals surface area contributed by atoms with Crippen molar-refractivity contribution in [1.29, 1.82) is 0 Å². The highest BCUT2D eigenvalue weighted by molar-refractivity contribution is 7.92. The number of halogens is 1. The number of nitrogens with one attached hydrogen (secondary N) is 2. The topological polar surface area (TPSA) is 87.6 Å². The summed E-state index contributed by atoms with van der Waals surface area (Å²) in [6.45, 7) is 1.95. The van der Waals surface area contributed by atoms with Crippen LogP contribution < -0.4 is 10.1 Å². The Kier molecular flexibility index (Phi) is 6.13. The molecule has 144 valence electrons. The summed E-state index contributed by atoms with van der Waals surface area (Å²) in [6, 6.07) is 13.9. The van der Waals surface area contributed by atoms with Gasteiger partial charge in [0, 0.05) is 21.2 Å². The average molecular weight is 434 g/mol. The number of carbonyl (C=O) groups is 1. The lowest BCUT2D eigenvalue weighted by Gasteiger charge is -2.09. The number of hydrogen-bond donors (Lipinski definition) is 2. The first-order chi connectivity index (χ1) is 13.3. The number of amides is 1. The van der Waals surface area contributed by atoms with E-state index in [9.17, 15) is 13.2 Å². The molecule has 9 heteroatoms. The van der Waals surface area contributed by atoms with Gasteiger partial charge < -0.3 is 0 Å². The van der Waals surface area contributed by atoms with Crippen molar-refractivity contribution in [3.63, 3.8) is 0 Å². The number of carbonyl (C=O) groups excluding carboxylic acids is 1. The second kappa shape index (κ2) is 8.55. The molecule has 2 aromatic carbocycles. The molecule has 2 N–H and O–H groups in total. The van der Waals surface area contributed by atoms with Gasteiger partial charge in [-0.15, -0.1) is 11.3 Å². The standard InChI is InChI=1S/C19H16ClN3O3S2/c1-13-9-10-27-18(13)12-21-22-19(24)14-3-2-4-17(11-14)28(25,26)23-16-7-5-15(20)6-8-16/h2-12,23H,1H3,(H,22,24)/b21-12+. The van der Waals surface area contributed by atoms with Crippen molar-refractivity contribution in [3.05, 3.63) is 81.0 Å². The summed E-state index contributed by atoms with van der Waals surface area (Å²) in [4.78, 5) is 13.2. The molecular formula is C19H16ClN3O3S2. The van der Waals surface area contributed by atoms with Gasteiger partial charge in [-0.3, -0.25) is 9.52 Å². The molecule has 0 saturated heterocycles. The first-order valence-corrected chi connectivity index (χ1v) is 10.9. The van der Waals surface area contributed by atoms with E-state index in [1.54, 1.807) is 30.5 Å². The molecule has 3 rings (SSSR count). The third kappa shape index (κ3) is 4.98. The Morgan fingerprint density at radius 1 is 1.14 bits per heavy atom. The quantitative estimate of drug-likeness (QED) is 0.449. The second-order valence-corrected chi connectivity index (χ2v) is 8.87. The molecule has 0 aliphatic carbocycles. The number of aryl methyl sites for hydroxylation is 1. The van der Waals surface area contributed by atoms with Gasteiger partial charge in [-0.25, -0.2) is 13.8 Å². The monoisotopic (exact) mass is 433 g/mol. The summed E-state index contributed by atoms with van der Waals surface area (Å²) in [5, 5.41) is 6.36. The lowest BCUT2D eigenvalue weighted by atomic mass is 10.2. The zero-order valence-corrected chi connectivity index (χ0v) is 17.1. The summed E-state index contributed by atoms with van der Waals surface area (Å²) in [5.74, 6) is -0.506. The Balaban J connectivity index is 1.73. The predicted octanol–water partition coefficient (Wildman–Crippen LogP) is 4.27. The molecule has 0 atom stereocenters. The van der Waals surface area contributed by atoms with E-state index < -0.39 is 15.9 Å². The molecule has 6 nitrogen and oxygen atoms in total. The molecule has 28 heavy (non-hydrogen) atoms. The van der Waals surface area contributed by atoms with Crippen molar-refractivity contribution < 1.29 is 13.2 Å². The highest BCUT2D eigenvalue weighted by Gasteiger charge is 2.16. The van der Waals surface area contributed by atoms with Gasteiger partial charge in [-0.05, 0) is 66.4 Å². The molecule has 0 aliphatic heterocycles. The van der Waals surface area contributed by atoms with E-state index in [1.807, 2.05) is 18.4 Å². The lowest BCUT2D eigenvalue weighted by Crippen LogP contribution is -2.19. The van der Waals surface area contributed by atoms with Crippen LogP contribution in [0.1, 0.15) is 20.8 Å². The van der Waals surface area contributed by atoms with E-state index >= 15 is 0 Å². The Hall–Kier alpha value is -2.68. The maximum Gasteiger partial charge on any atom is 0.271 e. The minimum atomic E-state index is -3.85. The Labute approximate surface area is 171 Å². The fourth-order valence-corrected chi connectivity index (χ4v) is 4.28. The minimum absolute atomic E-state index is 0.0341. The molecule has 0 aliphatic rings. The van der Waals surface area contributed by atoms with Gasteiger partial charge in [0.25, 0.3) is 15.9 Å². The molecule has 0 radical (unpaired) electrons. The number of nitrogens with zero attached hydrogens (tertiary/aromatic N) is 1. The van der Waals surface area contributed by atoms with Crippen molar-refractivity contribution in [2.45, 2.75) is 11.8 Å². The normalized spacial score (nSPS) is 11.5. The summed E-state index contributed by atoms with van der Waals surface area (Å²) < 4.78 is 27.6. The van der Waals surface area contributed by atoms with Crippen LogP contribution in [0.3, 0.4) is 0 Å². The molecule has 3 aromatic rings. The first-order valence-electron chi connectivity index (χ1n) is 8.11. The van der Waals surface area contributed by atoms with Gasteiger partial charge in [0.05, 0.1) is 11.1 Å². The number of benzene rings is 2. The van der Waals surface area contributed by atoms with Crippen LogP contribution in [0.2, 0.25) is 5.02 Å². The van der Waals surface area contributed by atoms with Gasteiger partial charge in [0.1, 0.15) is 0 Å². The predicted molar refractivity (Wildman–Crippen MR) is 113 cm³/mol. The SMILES string of the molecule is Cc1ccsc1/C=N/NC(=O)c1cccc(S(=O)(=O)Nc2ccc(Cl)cc2)c1. The van der Waals surface area contributed by atoms with E-state index in [1.165, 1.54) is 35.6 Å². The van der Waals surface area contributed by atoms with E-state index in [-0.39, 0.29) is 10.5 Å². The van der Waals surface area contributed by atoms with E-state index in [2.05, 4.69) is 15.2 Å². The van der Waals surface area contributed by atoms with Crippen molar-refractivity contribution in [2.24, 2.45) is 5.10 Å². The minimum Gasteiger partial charge on any atom is -0.280 e. The second-order valence-electron chi connectivity index (χ2n) is 5.81. The molecule has 0 fully saturated rings. The fraction of sp³-hybridized carbons (Fsp3) is 0.0526. The van der Waals surface area contributed by atoms with Crippen molar-refractivity contribution in [3.8, 4) is 0 Å². The molecule has 0 unspecified atom stereocenters. The van der Waals surface area contributed by atoms with Crippen LogP contribution in [0.4, 0.5) is 5.69 Å².